The summed E-state index contributed by atoms with van der Waals surface area (Å²) in [6.07, 6.45) is 4.24. The maximum atomic E-state index is 11.0. The third kappa shape index (κ3) is 4.26. The molecule has 30 heavy (non-hydrogen) atoms. The van der Waals surface area contributed by atoms with Gasteiger partial charge in [-0.1, -0.05) is 24.3 Å². The summed E-state index contributed by atoms with van der Waals surface area (Å²) in [6, 6.07) is 15.2. The van der Waals surface area contributed by atoms with Gasteiger partial charge in [0.25, 0.3) is 5.69 Å². The molecule has 0 atom stereocenters. The first-order valence-electron chi connectivity index (χ1n) is 10.2. The van der Waals surface area contributed by atoms with E-state index >= 15 is 0 Å². The van der Waals surface area contributed by atoms with Crippen LogP contribution in [0.15, 0.2) is 64.0 Å². The van der Waals surface area contributed by atoms with Crippen molar-refractivity contribution in [1.82, 2.24) is 4.68 Å². The molecule has 6 nitrogen and oxygen atoms in total. The number of nitrogens with zero attached hydrogens (tertiary/aromatic N) is 4. The lowest BCUT2D eigenvalue weighted by molar-refractivity contribution is -0.384. The zero-order valence-corrected chi connectivity index (χ0v) is 17.9. The summed E-state index contributed by atoms with van der Waals surface area (Å²) in [4.78, 5) is 16.2. The molecule has 1 heterocycles. The van der Waals surface area contributed by atoms with E-state index in [1.165, 1.54) is 23.3 Å². The van der Waals surface area contributed by atoms with Gasteiger partial charge in [-0.05, 0) is 57.2 Å². The number of fused-ring (bicyclic) bond motifs is 1. The lowest BCUT2D eigenvalue weighted by atomic mass is 10.0. The van der Waals surface area contributed by atoms with Gasteiger partial charge in [-0.3, -0.25) is 15.1 Å². The highest BCUT2D eigenvalue weighted by Gasteiger charge is 2.16. The van der Waals surface area contributed by atoms with Gasteiger partial charge in [0.2, 0.25) is 4.80 Å². The number of hydrogen-bond acceptors (Lipinski definition) is 5. The van der Waals surface area contributed by atoms with Crippen LogP contribution in [0.4, 0.5) is 5.69 Å². The van der Waals surface area contributed by atoms with Gasteiger partial charge in [0.1, 0.15) is 0 Å². The topological polar surface area (TPSA) is 72.8 Å². The largest absolute Gasteiger partial charge is 0.269 e. The Morgan fingerprint density at radius 2 is 1.80 bits per heavy atom. The van der Waals surface area contributed by atoms with Crippen molar-refractivity contribution in [2.24, 2.45) is 10.1 Å². The highest BCUT2D eigenvalue weighted by atomic mass is 32.1. The van der Waals surface area contributed by atoms with Crippen LogP contribution in [0.1, 0.15) is 44.2 Å². The number of hydrogen-bond donors (Lipinski definition) is 0. The first kappa shape index (κ1) is 20.2. The van der Waals surface area contributed by atoms with Gasteiger partial charge in [-0.25, -0.2) is 4.68 Å². The Balaban J connectivity index is 1.87. The minimum Gasteiger partial charge on any atom is -0.258 e. The van der Waals surface area contributed by atoms with Crippen molar-refractivity contribution >= 4 is 22.7 Å². The molecule has 0 aliphatic heterocycles. The molecule has 3 aromatic rings. The molecule has 1 aliphatic rings. The Labute approximate surface area is 179 Å². The average Bonchev–Trinajstić information content (AvgIpc) is 2.99. The molecule has 0 saturated heterocycles. The molecule has 0 unspecified atom stereocenters. The van der Waals surface area contributed by atoms with Gasteiger partial charge in [0, 0.05) is 34.7 Å². The van der Waals surface area contributed by atoms with Crippen molar-refractivity contribution in [2.75, 3.05) is 0 Å². The number of non-ortho nitro benzene ring substituents is 1. The van der Waals surface area contributed by atoms with Crippen LogP contribution in [0.25, 0.3) is 11.3 Å². The molecule has 0 amide bonds. The number of rotatable bonds is 4. The van der Waals surface area contributed by atoms with Gasteiger partial charge >= 0.3 is 0 Å². The van der Waals surface area contributed by atoms with Crippen LogP contribution in [-0.2, 0) is 6.42 Å². The summed E-state index contributed by atoms with van der Waals surface area (Å²) in [5, 5.41) is 18.1. The monoisotopic (exact) mass is 420 g/mol. The molecule has 4 rings (SSSR count). The van der Waals surface area contributed by atoms with E-state index in [1.54, 1.807) is 23.5 Å². The van der Waals surface area contributed by atoms with Gasteiger partial charge in [-0.15, -0.1) is 11.3 Å². The van der Waals surface area contributed by atoms with Crippen LogP contribution in [-0.4, -0.2) is 21.4 Å². The van der Waals surface area contributed by atoms with Gasteiger partial charge < -0.3 is 0 Å². The second-order valence-electron chi connectivity index (χ2n) is 7.65. The van der Waals surface area contributed by atoms with Crippen molar-refractivity contribution in [2.45, 2.75) is 45.6 Å². The molecule has 0 saturated carbocycles. The number of aryl methyl sites for hydroxylation is 1. The van der Waals surface area contributed by atoms with Crippen LogP contribution < -0.4 is 4.80 Å². The maximum absolute atomic E-state index is 11.0. The average molecular weight is 421 g/mol. The van der Waals surface area contributed by atoms with E-state index in [2.05, 4.69) is 24.3 Å². The molecule has 0 fully saturated rings. The fraction of sp³-hybridized carbons (Fsp3) is 0.304. The van der Waals surface area contributed by atoms with Crippen LogP contribution in [0, 0.1) is 10.1 Å². The fourth-order valence-electron chi connectivity index (χ4n) is 3.65. The van der Waals surface area contributed by atoms with E-state index in [0.29, 0.717) is 0 Å². The van der Waals surface area contributed by atoms with Crippen molar-refractivity contribution in [3.05, 3.63) is 80.0 Å². The zero-order chi connectivity index (χ0) is 21.1. The third-order valence-corrected chi connectivity index (χ3v) is 5.92. The molecule has 2 aromatic carbocycles. The van der Waals surface area contributed by atoms with Gasteiger partial charge in [-0.2, -0.15) is 5.10 Å². The normalized spacial score (nSPS) is 16.0. The van der Waals surface area contributed by atoms with Crippen molar-refractivity contribution in [3.63, 3.8) is 0 Å². The second-order valence-corrected chi connectivity index (χ2v) is 8.49. The SMILES string of the molecule is CC(C)N=c1scc(-c2ccc([N+](=O)[O-])cc2)n1N=C1CCCCc2ccccc21. The minimum atomic E-state index is -0.381. The number of benzene rings is 2. The summed E-state index contributed by atoms with van der Waals surface area (Å²) < 4.78 is 1.91. The third-order valence-electron chi connectivity index (χ3n) is 5.09. The smallest absolute Gasteiger partial charge is 0.258 e. The van der Waals surface area contributed by atoms with E-state index < -0.39 is 0 Å². The summed E-state index contributed by atoms with van der Waals surface area (Å²) in [5.74, 6) is 0. The number of nitro groups is 1. The first-order valence-corrected chi connectivity index (χ1v) is 11.1. The number of aromatic nitrogens is 1. The Hall–Kier alpha value is -3.06. The Morgan fingerprint density at radius 3 is 2.53 bits per heavy atom. The maximum Gasteiger partial charge on any atom is 0.269 e. The zero-order valence-electron chi connectivity index (χ0n) is 17.1. The van der Waals surface area contributed by atoms with Crippen molar-refractivity contribution < 1.29 is 4.92 Å². The highest BCUT2D eigenvalue weighted by Crippen LogP contribution is 2.25. The predicted octanol–water partition coefficient (Wildman–Crippen LogP) is 5.41. The summed E-state index contributed by atoms with van der Waals surface area (Å²) in [7, 11) is 0. The second kappa shape index (κ2) is 8.75. The van der Waals surface area contributed by atoms with Crippen molar-refractivity contribution in [1.29, 1.82) is 0 Å². The summed E-state index contributed by atoms with van der Waals surface area (Å²) >= 11 is 1.54. The lowest BCUT2D eigenvalue weighted by Gasteiger charge is -2.10. The molecular weight excluding hydrogens is 396 g/mol. The Morgan fingerprint density at radius 1 is 1.07 bits per heavy atom. The molecule has 0 bridgehead atoms. The van der Waals surface area contributed by atoms with E-state index in [-0.39, 0.29) is 16.7 Å². The van der Waals surface area contributed by atoms with E-state index in [1.807, 2.05) is 23.9 Å². The summed E-state index contributed by atoms with van der Waals surface area (Å²) in [5.41, 5.74) is 5.46. The van der Waals surface area contributed by atoms with Crippen LogP contribution >= 0.6 is 11.3 Å². The highest BCUT2D eigenvalue weighted by molar-refractivity contribution is 7.07. The molecule has 154 valence electrons. The van der Waals surface area contributed by atoms with Gasteiger partial charge in [0.15, 0.2) is 0 Å². The molecule has 1 aliphatic carbocycles. The quantitative estimate of drug-likeness (QED) is 0.321. The lowest BCUT2D eigenvalue weighted by Crippen LogP contribution is -2.17. The number of nitro benzene ring substituents is 1. The van der Waals surface area contributed by atoms with Crippen molar-refractivity contribution in [3.8, 4) is 11.3 Å². The number of thiazole rings is 1. The Kier molecular flexibility index (Phi) is 5.90. The predicted molar refractivity (Wildman–Crippen MR) is 121 cm³/mol. The van der Waals surface area contributed by atoms with Gasteiger partial charge in [0.05, 0.1) is 16.3 Å². The molecule has 0 spiro atoms. The van der Waals surface area contributed by atoms with Crippen LogP contribution in [0.5, 0.6) is 0 Å². The van der Waals surface area contributed by atoms with Crippen LogP contribution in [0.2, 0.25) is 0 Å². The molecular formula is C23H24N4O2S. The van der Waals surface area contributed by atoms with E-state index in [9.17, 15) is 10.1 Å². The minimum absolute atomic E-state index is 0.0802. The first-order chi connectivity index (χ1) is 14.5. The molecule has 0 N–H and O–H groups in total. The molecule has 0 radical (unpaired) electrons. The molecule has 7 heteroatoms. The standard InChI is InChI=1S/C23H24N4O2S/c1-16(2)24-23-26(22(15-30-23)18-11-13-19(14-12-18)27(28)29)25-21-10-6-4-8-17-7-3-5-9-20(17)21/h3,5,7,9,11-16H,4,6,8,10H2,1-2H3. The Bertz CT molecular complexity index is 1160. The summed E-state index contributed by atoms with van der Waals surface area (Å²) in [6.45, 7) is 4.09. The van der Waals surface area contributed by atoms with E-state index in [4.69, 9.17) is 10.1 Å². The van der Waals surface area contributed by atoms with Crippen LogP contribution in [0.3, 0.4) is 0 Å². The fourth-order valence-corrected chi connectivity index (χ4v) is 4.61. The van der Waals surface area contributed by atoms with E-state index in [0.717, 1.165) is 47.5 Å². The molecule has 1 aromatic heterocycles.